The minimum Gasteiger partial charge on any atom is -0.399 e. The number of anilines is 2. The molecule has 0 aliphatic rings. The van der Waals surface area contributed by atoms with Gasteiger partial charge in [0.25, 0.3) is 5.91 Å². The van der Waals surface area contributed by atoms with Crippen molar-refractivity contribution in [3.05, 3.63) is 53.9 Å². The second-order valence-electron chi connectivity index (χ2n) is 4.72. The Morgan fingerprint density at radius 1 is 1.30 bits per heavy atom. The third-order valence-corrected chi connectivity index (χ3v) is 3.38. The largest absolute Gasteiger partial charge is 0.399 e. The van der Waals surface area contributed by atoms with Gasteiger partial charge in [0.2, 0.25) is 0 Å². The molecule has 0 saturated carbocycles. The Bertz CT molecular complexity index is 627. The van der Waals surface area contributed by atoms with Crippen molar-refractivity contribution in [2.75, 3.05) is 17.7 Å². The first-order valence-electron chi connectivity index (χ1n) is 6.33. The lowest BCUT2D eigenvalue weighted by molar-refractivity contribution is 0.0995. The van der Waals surface area contributed by atoms with Gasteiger partial charge in [-0.3, -0.25) is 9.78 Å². The maximum absolute atomic E-state index is 11.2. The van der Waals surface area contributed by atoms with Crippen LogP contribution in [0.2, 0.25) is 0 Å². The van der Waals surface area contributed by atoms with Crippen LogP contribution < -0.4 is 16.4 Å². The van der Waals surface area contributed by atoms with Crippen LogP contribution >= 0.6 is 0 Å². The normalized spacial score (nSPS) is 11.9. The first-order valence-corrected chi connectivity index (χ1v) is 6.33. The summed E-state index contributed by atoms with van der Waals surface area (Å²) in [5, 5.41) is 0. The molecule has 5 heteroatoms. The molecule has 4 N–H and O–H groups in total. The van der Waals surface area contributed by atoms with Gasteiger partial charge in [0.1, 0.15) is 5.69 Å². The van der Waals surface area contributed by atoms with Crippen molar-refractivity contribution in [1.82, 2.24) is 4.98 Å². The van der Waals surface area contributed by atoms with Crippen molar-refractivity contribution < 1.29 is 4.79 Å². The number of hydrogen-bond acceptors (Lipinski definition) is 4. The van der Waals surface area contributed by atoms with Crippen LogP contribution in [0.25, 0.3) is 0 Å². The zero-order valence-electron chi connectivity index (χ0n) is 11.6. The summed E-state index contributed by atoms with van der Waals surface area (Å²) in [5.74, 6) is -0.531. The van der Waals surface area contributed by atoms with Crippen molar-refractivity contribution in [2.24, 2.45) is 5.73 Å². The second kappa shape index (κ2) is 5.61. The Morgan fingerprint density at radius 2 is 2.05 bits per heavy atom. The highest BCUT2D eigenvalue weighted by molar-refractivity contribution is 5.91. The van der Waals surface area contributed by atoms with Gasteiger partial charge in [-0.25, -0.2) is 0 Å². The molecular formula is C15H18N4O. The van der Waals surface area contributed by atoms with E-state index >= 15 is 0 Å². The quantitative estimate of drug-likeness (QED) is 0.832. The van der Waals surface area contributed by atoms with Crippen LogP contribution in [-0.2, 0) is 0 Å². The fraction of sp³-hybridized carbons (Fsp3) is 0.200. The van der Waals surface area contributed by atoms with Crippen molar-refractivity contribution in [2.45, 2.75) is 13.0 Å². The molecule has 20 heavy (non-hydrogen) atoms. The lowest BCUT2D eigenvalue weighted by Gasteiger charge is -2.27. The van der Waals surface area contributed by atoms with Gasteiger partial charge in [-0.15, -0.1) is 0 Å². The van der Waals surface area contributed by atoms with Crippen molar-refractivity contribution in [1.29, 1.82) is 0 Å². The molecule has 2 aromatic rings. The van der Waals surface area contributed by atoms with Gasteiger partial charge >= 0.3 is 0 Å². The molecule has 0 radical (unpaired) electrons. The highest BCUT2D eigenvalue weighted by Gasteiger charge is 2.14. The summed E-state index contributed by atoms with van der Waals surface area (Å²) in [4.78, 5) is 17.2. The number of aromatic nitrogens is 1. The number of rotatable bonds is 4. The summed E-state index contributed by atoms with van der Waals surface area (Å²) in [7, 11) is 1.95. The molecule has 5 nitrogen and oxygen atoms in total. The number of carbonyl (C=O) groups excluding carboxylic acids is 1. The van der Waals surface area contributed by atoms with Crippen LogP contribution in [0.4, 0.5) is 11.4 Å². The van der Waals surface area contributed by atoms with Gasteiger partial charge in [-0.1, -0.05) is 12.1 Å². The highest BCUT2D eigenvalue weighted by Crippen LogP contribution is 2.26. The number of nitrogens with zero attached hydrogens (tertiary/aromatic N) is 2. The van der Waals surface area contributed by atoms with Crippen molar-refractivity contribution >= 4 is 17.3 Å². The second-order valence-corrected chi connectivity index (χ2v) is 4.72. The van der Waals surface area contributed by atoms with Crippen LogP contribution in [-0.4, -0.2) is 17.9 Å². The first-order chi connectivity index (χ1) is 9.49. The van der Waals surface area contributed by atoms with E-state index in [0.29, 0.717) is 0 Å². The molecule has 1 unspecified atom stereocenters. The molecule has 0 saturated heterocycles. The van der Waals surface area contributed by atoms with Crippen LogP contribution in [0.3, 0.4) is 0 Å². The zero-order valence-corrected chi connectivity index (χ0v) is 11.6. The van der Waals surface area contributed by atoms with Gasteiger partial charge in [-0.05, 0) is 36.8 Å². The lowest BCUT2D eigenvalue weighted by atomic mass is 10.1. The van der Waals surface area contributed by atoms with Crippen LogP contribution in [0, 0.1) is 0 Å². The predicted octanol–water partition coefficient (Wildman–Crippen LogP) is 1.96. The van der Waals surface area contributed by atoms with Crippen LogP contribution in [0.1, 0.15) is 29.0 Å². The van der Waals surface area contributed by atoms with Gasteiger partial charge in [0.05, 0.1) is 6.04 Å². The maximum atomic E-state index is 11.2. The first kappa shape index (κ1) is 13.9. The summed E-state index contributed by atoms with van der Waals surface area (Å²) >= 11 is 0. The molecule has 1 atom stereocenters. The average molecular weight is 270 g/mol. The topological polar surface area (TPSA) is 85.2 Å². The number of hydrogen-bond donors (Lipinski definition) is 2. The lowest BCUT2D eigenvalue weighted by Crippen LogP contribution is -2.22. The average Bonchev–Trinajstić information content (AvgIpc) is 2.45. The van der Waals surface area contributed by atoms with E-state index < -0.39 is 5.91 Å². The summed E-state index contributed by atoms with van der Waals surface area (Å²) in [6, 6.07) is 11.4. The van der Waals surface area contributed by atoms with Gasteiger partial charge in [0.15, 0.2) is 0 Å². The van der Waals surface area contributed by atoms with E-state index in [0.717, 1.165) is 16.9 Å². The molecule has 104 valence electrons. The molecule has 1 heterocycles. The Labute approximate surface area is 118 Å². The number of carbonyl (C=O) groups is 1. The molecule has 0 spiro atoms. The van der Waals surface area contributed by atoms with E-state index in [9.17, 15) is 4.79 Å². The Morgan fingerprint density at radius 3 is 2.70 bits per heavy atom. The van der Waals surface area contributed by atoms with E-state index in [1.807, 2.05) is 42.3 Å². The molecule has 0 bridgehead atoms. The number of pyridine rings is 1. The van der Waals surface area contributed by atoms with E-state index in [1.165, 1.54) is 0 Å². The number of nitrogens with two attached hydrogens (primary N) is 2. The van der Waals surface area contributed by atoms with E-state index in [1.54, 1.807) is 12.3 Å². The Hall–Kier alpha value is -2.56. The fourth-order valence-corrected chi connectivity index (χ4v) is 2.04. The molecular weight excluding hydrogens is 252 g/mol. The standard InChI is InChI=1S/C15H18N4O/c1-10(11-4-3-5-12(16)8-11)19(2)13-6-7-18-14(9-13)15(17)20/h3-10H,16H2,1-2H3,(H2,17,20). The Kier molecular flexibility index (Phi) is 3.89. The predicted molar refractivity (Wildman–Crippen MR) is 80.4 cm³/mol. The molecule has 1 aromatic heterocycles. The van der Waals surface area contributed by atoms with Gasteiger partial charge in [-0.2, -0.15) is 0 Å². The van der Waals surface area contributed by atoms with E-state index in [2.05, 4.69) is 11.9 Å². The smallest absolute Gasteiger partial charge is 0.267 e. The summed E-state index contributed by atoms with van der Waals surface area (Å²) in [6.07, 6.45) is 1.58. The fourth-order valence-electron chi connectivity index (χ4n) is 2.04. The molecule has 2 rings (SSSR count). The molecule has 0 aliphatic carbocycles. The van der Waals surface area contributed by atoms with Crippen molar-refractivity contribution in [3.8, 4) is 0 Å². The summed E-state index contributed by atoms with van der Waals surface area (Å²) in [6.45, 7) is 2.07. The minimum absolute atomic E-state index is 0.113. The monoisotopic (exact) mass is 270 g/mol. The molecule has 1 aromatic carbocycles. The molecule has 0 fully saturated rings. The van der Waals surface area contributed by atoms with Crippen LogP contribution in [0.15, 0.2) is 42.6 Å². The number of benzene rings is 1. The molecule has 0 aliphatic heterocycles. The number of primary amides is 1. The third-order valence-electron chi connectivity index (χ3n) is 3.38. The minimum atomic E-state index is -0.531. The highest BCUT2D eigenvalue weighted by atomic mass is 16.1. The van der Waals surface area contributed by atoms with Crippen molar-refractivity contribution in [3.63, 3.8) is 0 Å². The maximum Gasteiger partial charge on any atom is 0.267 e. The van der Waals surface area contributed by atoms with Crippen LogP contribution in [0.5, 0.6) is 0 Å². The summed E-state index contributed by atoms with van der Waals surface area (Å²) < 4.78 is 0. The molecule has 1 amide bonds. The SMILES string of the molecule is CC(c1cccc(N)c1)N(C)c1ccnc(C(N)=O)c1. The number of amides is 1. The van der Waals surface area contributed by atoms with Gasteiger partial charge in [0, 0.05) is 24.6 Å². The van der Waals surface area contributed by atoms with E-state index in [-0.39, 0.29) is 11.7 Å². The van der Waals surface area contributed by atoms with Gasteiger partial charge < -0.3 is 16.4 Å². The third kappa shape index (κ3) is 2.88. The summed E-state index contributed by atoms with van der Waals surface area (Å²) in [5.41, 5.74) is 14.0. The zero-order chi connectivity index (χ0) is 14.7. The van der Waals surface area contributed by atoms with E-state index in [4.69, 9.17) is 11.5 Å². The Balaban J connectivity index is 2.28. The number of nitrogen functional groups attached to an aromatic ring is 1.